The van der Waals surface area contributed by atoms with E-state index >= 15 is 0 Å². The van der Waals surface area contributed by atoms with Crippen LogP contribution in [0.3, 0.4) is 0 Å². The quantitative estimate of drug-likeness (QED) is 0.537. The Balaban J connectivity index is 1.71. The second-order valence-corrected chi connectivity index (χ2v) is 8.84. The van der Waals surface area contributed by atoms with Gasteiger partial charge < -0.3 is 15.1 Å². The van der Waals surface area contributed by atoms with Crippen molar-refractivity contribution >= 4 is 17.3 Å². The number of nitrogens with zero attached hydrogens (tertiary/aromatic N) is 5. The molecule has 0 atom stereocenters. The van der Waals surface area contributed by atoms with E-state index in [1.165, 1.54) is 0 Å². The first-order valence-electron chi connectivity index (χ1n) is 11.3. The van der Waals surface area contributed by atoms with E-state index in [1.807, 2.05) is 36.4 Å². The van der Waals surface area contributed by atoms with E-state index < -0.39 is 5.67 Å². The summed E-state index contributed by atoms with van der Waals surface area (Å²) in [4.78, 5) is 17.9. The van der Waals surface area contributed by atoms with E-state index in [-0.39, 0.29) is 0 Å². The predicted molar refractivity (Wildman–Crippen MR) is 133 cm³/mol. The number of rotatable bonds is 6. The molecule has 0 saturated heterocycles. The maximum absolute atomic E-state index is 14.6. The molecule has 0 amide bonds. The van der Waals surface area contributed by atoms with E-state index in [0.717, 1.165) is 54.4 Å². The second kappa shape index (κ2) is 9.17. The summed E-state index contributed by atoms with van der Waals surface area (Å²) >= 11 is 0. The number of hydrogen-bond donors (Lipinski definition) is 1. The molecule has 7 heteroatoms. The molecular formula is C26H31FN6. The lowest BCUT2D eigenvalue weighted by Gasteiger charge is -2.27. The lowest BCUT2D eigenvalue weighted by Crippen LogP contribution is -2.28. The summed E-state index contributed by atoms with van der Waals surface area (Å²) in [7, 11) is 2.07. The van der Waals surface area contributed by atoms with Crippen LogP contribution in [-0.2, 0) is 12.1 Å². The first kappa shape index (κ1) is 22.7. The van der Waals surface area contributed by atoms with Crippen molar-refractivity contribution in [2.75, 3.05) is 35.3 Å². The van der Waals surface area contributed by atoms with Gasteiger partial charge in [-0.1, -0.05) is 31.7 Å². The Kier molecular flexibility index (Phi) is 6.31. The molecule has 0 saturated carbocycles. The molecule has 0 bridgehead atoms. The van der Waals surface area contributed by atoms with E-state index in [0.29, 0.717) is 17.2 Å². The minimum absolute atomic E-state index is 0.632. The van der Waals surface area contributed by atoms with Crippen molar-refractivity contribution in [1.82, 2.24) is 15.0 Å². The molecule has 3 heterocycles. The number of alkyl halides is 1. The van der Waals surface area contributed by atoms with Gasteiger partial charge in [-0.05, 0) is 50.5 Å². The van der Waals surface area contributed by atoms with Gasteiger partial charge in [0.2, 0.25) is 0 Å². The minimum Gasteiger partial charge on any atom is -0.372 e. The molecule has 1 aliphatic heterocycles. The summed E-state index contributed by atoms with van der Waals surface area (Å²) in [6.07, 6.45) is 3.35. The Labute approximate surface area is 195 Å². The molecular weight excluding hydrogens is 415 g/mol. The van der Waals surface area contributed by atoms with Crippen LogP contribution in [0, 0.1) is 0 Å². The van der Waals surface area contributed by atoms with Gasteiger partial charge in [0.1, 0.15) is 23.6 Å². The number of halogens is 1. The van der Waals surface area contributed by atoms with Gasteiger partial charge in [0.05, 0.1) is 11.4 Å². The van der Waals surface area contributed by atoms with Crippen LogP contribution in [0.5, 0.6) is 0 Å². The third-order valence-corrected chi connectivity index (χ3v) is 5.93. The number of pyridine rings is 1. The third-order valence-electron chi connectivity index (χ3n) is 5.93. The van der Waals surface area contributed by atoms with Crippen LogP contribution in [0.4, 0.5) is 21.7 Å². The molecule has 0 fully saturated rings. The van der Waals surface area contributed by atoms with Crippen LogP contribution in [0.2, 0.25) is 0 Å². The Hall–Kier alpha value is -3.48. The molecule has 1 aliphatic rings. The molecule has 0 spiro atoms. The Morgan fingerprint density at radius 1 is 1.15 bits per heavy atom. The van der Waals surface area contributed by atoms with Crippen LogP contribution in [0.15, 0.2) is 61.2 Å². The van der Waals surface area contributed by atoms with Crippen LogP contribution >= 0.6 is 0 Å². The zero-order valence-corrected chi connectivity index (χ0v) is 19.8. The first-order chi connectivity index (χ1) is 15.8. The zero-order chi connectivity index (χ0) is 23.6. The summed E-state index contributed by atoms with van der Waals surface area (Å²) < 4.78 is 14.6. The molecule has 0 radical (unpaired) electrons. The van der Waals surface area contributed by atoms with Crippen LogP contribution in [0.25, 0.3) is 11.3 Å². The van der Waals surface area contributed by atoms with Crippen molar-refractivity contribution in [3.63, 3.8) is 0 Å². The SMILES string of the molecule is C=C(Nc1cc(CC)ncn1)N1CCCN(C)c2ccc(-c3cccc(C(C)(C)F)c3)nc21. The average Bonchev–Trinajstić information content (AvgIpc) is 2.97. The van der Waals surface area contributed by atoms with Crippen LogP contribution in [-0.4, -0.2) is 35.1 Å². The minimum atomic E-state index is -1.42. The van der Waals surface area contributed by atoms with Crippen molar-refractivity contribution in [3.8, 4) is 11.3 Å². The van der Waals surface area contributed by atoms with Gasteiger partial charge in [0, 0.05) is 37.5 Å². The molecule has 4 rings (SSSR count). The van der Waals surface area contributed by atoms with E-state index in [9.17, 15) is 4.39 Å². The van der Waals surface area contributed by atoms with Crippen LogP contribution < -0.4 is 15.1 Å². The molecule has 172 valence electrons. The van der Waals surface area contributed by atoms with Crippen molar-refractivity contribution in [2.24, 2.45) is 0 Å². The van der Waals surface area contributed by atoms with Gasteiger partial charge in [-0.15, -0.1) is 0 Å². The Morgan fingerprint density at radius 2 is 1.97 bits per heavy atom. The molecule has 3 aromatic rings. The number of anilines is 3. The smallest absolute Gasteiger partial charge is 0.158 e. The normalized spacial score (nSPS) is 14.0. The van der Waals surface area contributed by atoms with E-state index in [1.54, 1.807) is 20.2 Å². The van der Waals surface area contributed by atoms with Crippen molar-refractivity contribution in [2.45, 2.75) is 39.3 Å². The Morgan fingerprint density at radius 3 is 2.73 bits per heavy atom. The fraction of sp³-hybridized carbons (Fsp3) is 0.346. The number of nitrogens with one attached hydrogen (secondary N) is 1. The fourth-order valence-electron chi connectivity index (χ4n) is 3.98. The van der Waals surface area contributed by atoms with Gasteiger partial charge in [-0.3, -0.25) is 0 Å². The largest absolute Gasteiger partial charge is 0.372 e. The summed E-state index contributed by atoms with van der Waals surface area (Å²) in [6.45, 7) is 11.2. The van der Waals surface area contributed by atoms with Crippen LogP contribution in [0.1, 0.15) is 38.4 Å². The van der Waals surface area contributed by atoms with Crippen molar-refractivity contribution in [3.05, 3.63) is 72.4 Å². The Bertz CT molecular complexity index is 1150. The summed E-state index contributed by atoms with van der Waals surface area (Å²) in [5, 5.41) is 3.33. The molecule has 0 unspecified atom stereocenters. The number of aryl methyl sites for hydroxylation is 1. The zero-order valence-electron chi connectivity index (χ0n) is 19.8. The highest BCUT2D eigenvalue weighted by atomic mass is 19.1. The highest BCUT2D eigenvalue weighted by molar-refractivity contribution is 5.75. The molecule has 2 aromatic heterocycles. The molecule has 6 nitrogen and oxygen atoms in total. The topological polar surface area (TPSA) is 57.2 Å². The van der Waals surface area contributed by atoms with E-state index in [4.69, 9.17) is 4.98 Å². The fourth-order valence-corrected chi connectivity index (χ4v) is 3.98. The summed E-state index contributed by atoms with van der Waals surface area (Å²) in [5.41, 5.74) is 2.89. The molecule has 0 aliphatic carbocycles. The third kappa shape index (κ3) is 4.97. The second-order valence-electron chi connectivity index (χ2n) is 8.84. The van der Waals surface area contributed by atoms with Gasteiger partial charge in [-0.25, -0.2) is 19.3 Å². The standard InChI is InChI=1S/C26H31FN6/c1-6-21-16-24(29-17-28-21)30-18(2)33-14-8-13-32(5)23-12-11-22(31-25(23)33)19-9-7-10-20(15-19)26(3,4)27/h7,9-12,15-17H,2,6,8,13-14H2,1,3-5H3,(H,28,29,30). The molecule has 1 aromatic carbocycles. The number of hydrogen-bond acceptors (Lipinski definition) is 6. The summed E-state index contributed by atoms with van der Waals surface area (Å²) in [5.74, 6) is 2.23. The maximum atomic E-state index is 14.6. The molecule has 33 heavy (non-hydrogen) atoms. The average molecular weight is 447 g/mol. The highest BCUT2D eigenvalue weighted by Crippen LogP contribution is 2.35. The van der Waals surface area contributed by atoms with Crippen molar-refractivity contribution < 1.29 is 4.39 Å². The number of fused-ring (bicyclic) bond motifs is 1. The van der Waals surface area contributed by atoms with Gasteiger partial charge >= 0.3 is 0 Å². The van der Waals surface area contributed by atoms with Gasteiger partial charge in [0.15, 0.2) is 5.82 Å². The summed E-state index contributed by atoms with van der Waals surface area (Å²) in [6, 6.07) is 13.5. The van der Waals surface area contributed by atoms with E-state index in [2.05, 4.69) is 51.7 Å². The maximum Gasteiger partial charge on any atom is 0.158 e. The lowest BCUT2D eigenvalue weighted by molar-refractivity contribution is 0.221. The monoisotopic (exact) mass is 446 g/mol. The van der Waals surface area contributed by atoms with Crippen molar-refractivity contribution in [1.29, 1.82) is 0 Å². The lowest BCUT2D eigenvalue weighted by atomic mass is 9.97. The number of aromatic nitrogens is 3. The van der Waals surface area contributed by atoms with Gasteiger partial charge in [-0.2, -0.15) is 0 Å². The first-order valence-corrected chi connectivity index (χ1v) is 11.3. The predicted octanol–water partition coefficient (Wildman–Crippen LogP) is 5.54. The van der Waals surface area contributed by atoms with Gasteiger partial charge in [0.25, 0.3) is 0 Å². The number of benzene rings is 1. The molecule has 1 N–H and O–H groups in total. The highest BCUT2D eigenvalue weighted by Gasteiger charge is 2.24.